The van der Waals surface area contributed by atoms with Crippen molar-refractivity contribution in [2.45, 2.75) is 26.4 Å². The van der Waals surface area contributed by atoms with Gasteiger partial charge in [0.1, 0.15) is 11.8 Å². The third-order valence-electron chi connectivity index (χ3n) is 4.00. The number of hydrogen-bond donors (Lipinski definition) is 1. The maximum atomic E-state index is 12.5. The van der Waals surface area contributed by atoms with E-state index in [1.165, 1.54) is 4.90 Å². The molecule has 2 aromatic rings. The van der Waals surface area contributed by atoms with E-state index in [9.17, 15) is 9.59 Å². The van der Waals surface area contributed by atoms with Crippen LogP contribution >= 0.6 is 0 Å². The average molecular weight is 326 g/mol. The lowest BCUT2D eigenvalue weighted by molar-refractivity contribution is -0.378. The average Bonchev–Trinajstić information content (AvgIpc) is 2.60. The van der Waals surface area contributed by atoms with Crippen LogP contribution in [0, 0.1) is 6.92 Å². The first kappa shape index (κ1) is 16.0. The Balaban J connectivity index is 1.76. The van der Waals surface area contributed by atoms with Crippen molar-refractivity contribution in [3.05, 3.63) is 53.9 Å². The highest BCUT2D eigenvalue weighted by Crippen LogP contribution is 2.34. The molecule has 0 saturated heterocycles. The molecule has 24 heavy (non-hydrogen) atoms. The smallest absolute Gasteiger partial charge is 0.265 e. The first-order valence-corrected chi connectivity index (χ1v) is 7.84. The quantitative estimate of drug-likeness (QED) is 0.919. The van der Waals surface area contributed by atoms with Gasteiger partial charge in [-0.25, -0.2) is 4.98 Å². The minimum absolute atomic E-state index is 0.0542. The van der Waals surface area contributed by atoms with E-state index in [0.717, 1.165) is 11.1 Å². The Kier molecular flexibility index (Phi) is 4.46. The fraction of sp³-hybridized carbons (Fsp3) is 0.278. The molecule has 1 aliphatic rings. The SMILES string of the molecule is Cc1ccc2c(c1)N(C(C)C(=O)NCc1ccc[nH+]c1)C(=O)CO2. The summed E-state index contributed by atoms with van der Waals surface area (Å²) in [6, 6.07) is 8.78. The topological polar surface area (TPSA) is 72.8 Å². The number of anilines is 1. The molecule has 0 radical (unpaired) electrons. The summed E-state index contributed by atoms with van der Waals surface area (Å²) in [6.45, 7) is 4.01. The molecule has 124 valence electrons. The lowest BCUT2D eigenvalue weighted by Gasteiger charge is -2.33. The van der Waals surface area contributed by atoms with Crippen LogP contribution in [0.2, 0.25) is 0 Å². The molecule has 6 nitrogen and oxygen atoms in total. The highest BCUT2D eigenvalue weighted by molar-refractivity contribution is 6.03. The Hall–Kier alpha value is -2.89. The Labute approximate surface area is 140 Å². The Bertz CT molecular complexity index is 761. The van der Waals surface area contributed by atoms with Gasteiger partial charge < -0.3 is 10.1 Å². The molecule has 2 N–H and O–H groups in total. The normalized spacial score (nSPS) is 14.6. The summed E-state index contributed by atoms with van der Waals surface area (Å²) >= 11 is 0. The second kappa shape index (κ2) is 6.70. The fourth-order valence-corrected chi connectivity index (χ4v) is 2.70. The number of carbonyl (C=O) groups is 2. The van der Waals surface area contributed by atoms with Gasteiger partial charge in [0.05, 0.1) is 5.69 Å². The molecule has 1 aromatic heterocycles. The lowest BCUT2D eigenvalue weighted by atomic mass is 10.1. The van der Waals surface area contributed by atoms with Crippen LogP contribution in [0.15, 0.2) is 42.7 Å². The predicted molar refractivity (Wildman–Crippen MR) is 88.5 cm³/mol. The van der Waals surface area contributed by atoms with E-state index in [2.05, 4.69) is 10.3 Å². The minimum Gasteiger partial charge on any atom is -0.482 e. The zero-order valence-electron chi connectivity index (χ0n) is 13.7. The number of nitrogens with one attached hydrogen (secondary N) is 2. The molecular formula is C18H20N3O3+. The van der Waals surface area contributed by atoms with Gasteiger partial charge in [0.25, 0.3) is 5.91 Å². The number of fused-ring (bicyclic) bond motifs is 1. The number of pyridine rings is 1. The predicted octanol–water partition coefficient (Wildman–Crippen LogP) is 1.24. The van der Waals surface area contributed by atoms with Crippen molar-refractivity contribution in [3.8, 4) is 5.75 Å². The zero-order chi connectivity index (χ0) is 17.1. The molecule has 0 spiro atoms. The van der Waals surface area contributed by atoms with E-state index in [-0.39, 0.29) is 18.4 Å². The van der Waals surface area contributed by atoms with E-state index < -0.39 is 6.04 Å². The standard InChI is InChI=1S/C18H19N3O3/c1-12-5-6-16-15(8-12)21(17(22)11-24-16)13(2)18(23)20-10-14-4-3-7-19-9-14/h3-9,13H,10-11H2,1-2H3,(H,20,23)/p+1. The number of nitrogens with zero attached hydrogens (tertiary/aromatic N) is 1. The van der Waals surface area contributed by atoms with Crippen molar-refractivity contribution >= 4 is 17.5 Å². The number of H-pyrrole nitrogens is 1. The van der Waals surface area contributed by atoms with Crippen LogP contribution in [-0.4, -0.2) is 24.5 Å². The van der Waals surface area contributed by atoms with Crippen LogP contribution in [0.25, 0.3) is 0 Å². The summed E-state index contributed by atoms with van der Waals surface area (Å²) in [7, 11) is 0. The summed E-state index contributed by atoms with van der Waals surface area (Å²) in [5, 5.41) is 2.87. The second-order valence-electron chi connectivity index (χ2n) is 5.83. The number of ether oxygens (including phenoxy) is 1. The van der Waals surface area contributed by atoms with E-state index >= 15 is 0 Å². The van der Waals surface area contributed by atoms with E-state index in [1.807, 2.05) is 43.5 Å². The fourth-order valence-electron chi connectivity index (χ4n) is 2.70. The van der Waals surface area contributed by atoms with Gasteiger partial charge in [-0.05, 0) is 37.6 Å². The molecule has 1 aromatic carbocycles. The summed E-state index contributed by atoms with van der Waals surface area (Å²) in [5.74, 6) is 0.197. The highest BCUT2D eigenvalue weighted by Gasteiger charge is 2.33. The molecule has 1 unspecified atom stereocenters. The molecule has 3 rings (SSSR count). The minimum atomic E-state index is -0.616. The number of benzene rings is 1. The van der Waals surface area contributed by atoms with Crippen LogP contribution in [-0.2, 0) is 16.1 Å². The van der Waals surface area contributed by atoms with Gasteiger partial charge in [-0.15, -0.1) is 0 Å². The molecule has 6 heteroatoms. The van der Waals surface area contributed by atoms with Gasteiger partial charge in [-0.2, -0.15) is 0 Å². The molecule has 0 bridgehead atoms. The van der Waals surface area contributed by atoms with Crippen molar-refractivity contribution < 1.29 is 19.3 Å². The van der Waals surface area contributed by atoms with Gasteiger partial charge in [-0.3, -0.25) is 14.5 Å². The number of rotatable bonds is 4. The van der Waals surface area contributed by atoms with Crippen LogP contribution in [0.1, 0.15) is 18.1 Å². The Morgan fingerprint density at radius 3 is 3.00 bits per heavy atom. The first-order valence-electron chi connectivity index (χ1n) is 7.84. The molecular weight excluding hydrogens is 306 g/mol. The molecule has 1 aliphatic heterocycles. The molecule has 2 amide bonds. The Morgan fingerprint density at radius 2 is 2.25 bits per heavy atom. The number of aromatic amines is 1. The van der Waals surface area contributed by atoms with E-state index in [0.29, 0.717) is 18.0 Å². The number of aromatic nitrogens is 1. The lowest BCUT2D eigenvalue weighted by Crippen LogP contribution is -2.51. The maximum absolute atomic E-state index is 12.5. The summed E-state index contributed by atoms with van der Waals surface area (Å²) in [4.78, 5) is 29.3. The van der Waals surface area contributed by atoms with Gasteiger partial charge in [0.15, 0.2) is 19.0 Å². The number of aryl methyl sites for hydroxylation is 1. The van der Waals surface area contributed by atoms with Crippen molar-refractivity contribution in [2.24, 2.45) is 0 Å². The first-order chi connectivity index (χ1) is 11.6. The molecule has 2 heterocycles. The summed E-state index contributed by atoms with van der Waals surface area (Å²) in [6.07, 6.45) is 3.63. The number of hydrogen-bond acceptors (Lipinski definition) is 3. The van der Waals surface area contributed by atoms with Crippen LogP contribution < -0.4 is 19.9 Å². The van der Waals surface area contributed by atoms with Crippen LogP contribution in [0.3, 0.4) is 0 Å². The highest BCUT2D eigenvalue weighted by atomic mass is 16.5. The molecule has 0 aliphatic carbocycles. The van der Waals surface area contributed by atoms with Crippen molar-refractivity contribution in [1.29, 1.82) is 0 Å². The third kappa shape index (κ3) is 3.22. The number of carbonyl (C=O) groups excluding carboxylic acids is 2. The van der Waals surface area contributed by atoms with E-state index in [1.54, 1.807) is 13.1 Å². The number of amides is 2. The van der Waals surface area contributed by atoms with Gasteiger partial charge in [0.2, 0.25) is 5.91 Å². The second-order valence-corrected chi connectivity index (χ2v) is 5.83. The Morgan fingerprint density at radius 1 is 1.42 bits per heavy atom. The summed E-state index contributed by atoms with van der Waals surface area (Å²) in [5.41, 5.74) is 2.61. The zero-order valence-corrected chi connectivity index (χ0v) is 13.7. The van der Waals surface area contributed by atoms with Crippen LogP contribution in [0.5, 0.6) is 5.75 Å². The molecule has 0 saturated carbocycles. The van der Waals surface area contributed by atoms with Gasteiger partial charge >= 0.3 is 0 Å². The van der Waals surface area contributed by atoms with Crippen molar-refractivity contribution in [1.82, 2.24) is 5.32 Å². The monoisotopic (exact) mass is 326 g/mol. The van der Waals surface area contributed by atoms with Gasteiger partial charge in [0, 0.05) is 18.2 Å². The summed E-state index contributed by atoms with van der Waals surface area (Å²) < 4.78 is 5.45. The van der Waals surface area contributed by atoms with Crippen molar-refractivity contribution in [3.63, 3.8) is 0 Å². The van der Waals surface area contributed by atoms with Crippen LogP contribution in [0.4, 0.5) is 5.69 Å². The largest absolute Gasteiger partial charge is 0.482 e. The van der Waals surface area contributed by atoms with Gasteiger partial charge in [-0.1, -0.05) is 6.07 Å². The maximum Gasteiger partial charge on any atom is 0.265 e. The van der Waals surface area contributed by atoms with Crippen molar-refractivity contribution in [2.75, 3.05) is 11.5 Å². The van der Waals surface area contributed by atoms with E-state index in [4.69, 9.17) is 4.74 Å². The molecule has 0 fully saturated rings. The third-order valence-corrected chi connectivity index (χ3v) is 4.00. The molecule has 1 atom stereocenters.